The zero-order chi connectivity index (χ0) is 14.7. The molecule has 0 aliphatic carbocycles. The number of hydrogen-bond donors (Lipinski definition) is 3. The molecule has 1 aliphatic heterocycles. The van der Waals surface area contributed by atoms with Gasteiger partial charge >= 0.3 is 0 Å². The van der Waals surface area contributed by atoms with Crippen LogP contribution in [-0.2, 0) is 4.79 Å². The molecule has 1 unspecified atom stereocenters. The van der Waals surface area contributed by atoms with Gasteiger partial charge in [-0.2, -0.15) is 0 Å². The minimum atomic E-state index is -0.633. The average molecular weight is 278 g/mol. The molecule has 1 aliphatic rings. The second-order valence-corrected chi connectivity index (χ2v) is 4.55. The van der Waals surface area contributed by atoms with Gasteiger partial charge in [0, 0.05) is 30.8 Å². The Morgan fingerprint density at radius 1 is 1.55 bits per heavy atom. The van der Waals surface area contributed by atoms with Crippen LogP contribution in [0.1, 0.15) is 23.2 Å². The lowest BCUT2D eigenvalue weighted by atomic mass is 10.1. The number of nitrogens with zero attached hydrogens (tertiary/aromatic N) is 1. The number of hydrogen-bond acceptors (Lipinski definition) is 5. The van der Waals surface area contributed by atoms with E-state index in [0.717, 1.165) is 0 Å². The second-order valence-electron chi connectivity index (χ2n) is 4.55. The number of carbonyl (C=O) groups excluding carboxylic acids is 2. The maximum atomic E-state index is 12.0. The Kier molecular flexibility index (Phi) is 3.83. The van der Waals surface area contributed by atoms with Gasteiger partial charge in [0.1, 0.15) is 5.56 Å². The highest BCUT2D eigenvalue weighted by molar-refractivity contribution is 5.99. The van der Waals surface area contributed by atoms with Crippen LogP contribution in [0, 0.1) is 10.1 Å². The Morgan fingerprint density at radius 2 is 2.30 bits per heavy atom. The summed E-state index contributed by atoms with van der Waals surface area (Å²) in [7, 11) is 0. The van der Waals surface area contributed by atoms with Gasteiger partial charge in [0.15, 0.2) is 0 Å². The highest BCUT2D eigenvalue weighted by Gasteiger charge is 2.24. The topological polar surface area (TPSA) is 127 Å². The van der Waals surface area contributed by atoms with Crippen LogP contribution in [-0.4, -0.2) is 29.3 Å². The van der Waals surface area contributed by atoms with Gasteiger partial charge in [0.25, 0.3) is 11.6 Å². The van der Waals surface area contributed by atoms with E-state index >= 15 is 0 Å². The number of nitro benzene ring substituents is 1. The van der Waals surface area contributed by atoms with E-state index in [1.54, 1.807) is 0 Å². The van der Waals surface area contributed by atoms with Crippen molar-refractivity contribution in [3.05, 3.63) is 33.9 Å². The minimum absolute atomic E-state index is 0.0563. The van der Waals surface area contributed by atoms with Crippen molar-refractivity contribution in [1.82, 2.24) is 10.6 Å². The molecule has 2 rings (SSSR count). The predicted molar refractivity (Wildman–Crippen MR) is 71.0 cm³/mol. The molecule has 1 heterocycles. The lowest BCUT2D eigenvalue weighted by molar-refractivity contribution is -0.385. The number of nitrogens with two attached hydrogens (primary N) is 1. The molecule has 0 aromatic heterocycles. The lowest BCUT2D eigenvalue weighted by Gasteiger charge is -2.11. The van der Waals surface area contributed by atoms with E-state index in [1.165, 1.54) is 18.2 Å². The molecule has 20 heavy (non-hydrogen) atoms. The molecule has 2 amide bonds. The van der Waals surface area contributed by atoms with E-state index < -0.39 is 10.8 Å². The Bertz CT molecular complexity index is 573. The highest BCUT2D eigenvalue weighted by atomic mass is 16.6. The Morgan fingerprint density at radius 3 is 2.90 bits per heavy atom. The molecule has 1 fully saturated rings. The van der Waals surface area contributed by atoms with Crippen LogP contribution in [0.5, 0.6) is 0 Å². The van der Waals surface area contributed by atoms with Gasteiger partial charge < -0.3 is 16.4 Å². The SMILES string of the molecule is Nc1ccc([N+](=O)[O-])c(C(=O)NCC2CCC(=O)N2)c1. The van der Waals surface area contributed by atoms with Crippen LogP contribution < -0.4 is 16.4 Å². The van der Waals surface area contributed by atoms with E-state index in [2.05, 4.69) is 10.6 Å². The summed E-state index contributed by atoms with van der Waals surface area (Å²) in [4.78, 5) is 33.2. The van der Waals surface area contributed by atoms with Gasteiger partial charge in [-0.25, -0.2) is 0 Å². The largest absolute Gasteiger partial charge is 0.399 e. The third-order valence-electron chi connectivity index (χ3n) is 3.06. The molecule has 0 radical (unpaired) electrons. The van der Waals surface area contributed by atoms with Gasteiger partial charge in [0.2, 0.25) is 5.91 Å². The standard InChI is InChI=1S/C12H14N4O4/c13-7-1-3-10(16(19)20)9(5-7)12(18)14-6-8-2-4-11(17)15-8/h1,3,5,8H,2,4,6,13H2,(H,14,18)(H,15,17). The van der Waals surface area contributed by atoms with Gasteiger partial charge in [-0.1, -0.05) is 0 Å². The van der Waals surface area contributed by atoms with Gasteiger partial charge in [-0.3, -0.25) is 19.7 Å². The Hall–Kier alpha value is -2.64. The molecule has 0 spiro atoms. The van der Waals surface area contributed by atoms with Crippen molar-refractivity contribution < 1.29 is 14.5 Å². The van der Waals surface area contributed by atoms with E-state index in [4.69, 9.17) is 5.73 Å². The number of carbonyl (C=O) groups is 2. The molecular weight excluding hydrogens is 264 g/mol. The zero-order valence-corrected chi connectivity index (χ0v) is 10.6. The summed E-state index contributed by atoms with van der Waals surface area (Å²) in [5.74, 6) is -0.635. The summed E-state index contributed by atoms with van der Waals surface area (Å²) in [6.45, 7) is 0.233. The molecule has 1 aromatic carbocycles. The van der Waals surface area contributed by atoms with E-state index in [-0.39, 0.29) is 35.4 Å². The molecule has 106 valence electrons. The van der Waals surface area contributed by atoms with Crippen LogP contribution in [0.15, 0.2) is 18.2 Å². The predicted octanol–water partition coefficient (Wildman–Crippen LogP) is 0.185. The molecule has 0 saturated carbocycles. The van der Waals surface area contributed by atoms with Crippen LogP contribution in [0.2, 0.25) is 0 Å². The van der Waals surface area contributed by atoms with E-state index in [9.17, 15) is 19.7 Å². The molecular formula is C12H14N4O4. The fraction of sp³-hybridized carbons (Fsp3) is 0.333. The average Bonchev–Trinajstić information content (AvgIpc) is 2.81. The molecule has 4 N–H and O–H groups in total. The third-order valence-corrected chi connectivity index (χ3v) is 3.06. The first kappa shape index (κ1) is 13.8. The maximum Gasteiger partial charge on any atom is 0.282 e. The molecule has 1 atom stereocenters. The van der Waals surface area contributed by atoms with Gasteiger partial charge in [-0.15, -0.1) is 0 Å². The smallest absolute Gasteiger partial charge is 0.282 e. The minimum Gasteiger partial charge on any atom is -0.399 e. The fourth-order valence-electron chi connectivity index (χ4n) is 2.04. The van der Waals surface area contributed by atoms with Crippen LogP contribution in [0.3, 0.4) is 0 Å². The van der Waals surface area contributed by atoms with E-state index in [0.29, 0.717) is 12.8 Å². The summed E-state index contributed by atoms with van der Waals surface area (Å²) in [5, 5.41) is 16.1. The number of anilines is 1. The number of benzene rings is 1. The number of nitrogens with one attached hydrogen (secondary N) is 2. The van der Waals surface area contributed by atoms with Gasteiger partial charge in [0.05, 0.1) is 4.92 Å². The van der Waals surface area contributed by atoms with Crippen LogP contribution >= 0.6 is 0 Å². The monoisotopic (exact) mass is 278 g/mol. The first-order valence-corrected chi connectivity index (χ1v) is 6.09. The van der Waals surface area contributed by atoms with Gasteiger partial charge in [-0.05, 0) is 18.6 Å². The summed E-state index contributed by atoms with van der Waals surface area (Å²) in [6.07, 6.45) is 1.07. The molecule has 1 aromatic rings. The quantitative estimate of drug-likeness (QED) is 0.411. The summed E-state index contributed by atoms with van der Waals surface area (Å²) < 4.78 is 0. The first-order chi connectivity index (χ1) is 9.47. The first-order valence-electron chi connectivity index (χ1n) is 6.09. The molecule has 1 saturated heterocycles. The second kappa shape index (κ2) is 5.55. The van der Waals surface area contributed by atoms with Crippen LogP contribution in [0.25, 0.3) is 0 Å². The number of rotatable bonds is 4. The third kappa shape index (κ3) is 3.02. The summed E-state index contributed by atoms with van der Waals surface area (Å²) in [5.41, 5.74) is 5.43. The normalized spacial score (nSPS) is 17.6. The van der Waals surface area contributed by atoms with Crippen molar-refractivity contribution in [2.75, 3.05) is 12.3 Å². The van der Waals surface area contributed by atoms with Crippen LogP contribution in [0.4, 0.5) is 11.4 Å². The van der Waals surface area contributed by atoms with Crippen molar-refractivity contribution in [3.8, 4) is 0 Å². The molecule has 0 bridgehead atoms. The van der Waals surface area contributed by atoms with Crippen molar-refractivity contribution in [3.63, 3.8) is 0 Å². The number of nitro groups is 1. The number of amides is 2. The lowest BCUT2D eigenvalue weighted by Crippen LogP contribution is -2.38. The van der Waals surface area contributed by atoms with Crippen molar-refractivity contribution >= 4 is 23.2 Å². The fourth-order valence-corrected chi connectivity index (χ4v) is 2.04. The molecule has 8 heteroatoms. The molecule has 8 nitrogen and oxygen atoms in total. The zero-order valence-electron chi connectivity index (χ0n) is 10.6. The maximum absolute atomic E-state index is 12.0. The Balaban J connectivity index is 2.07. The highest BCUT2D eigenvalue weighted by Crippen LogP contribution is 2.21. The van der Waals surface area contributed by atoms with Crippen molar-refractivity contribution in [2.45, 2.75) is 18.9 Å². The van der Waals surface area contributed by atoms with Crippen molar-refractivity contribution in [1.29, 1.82) is 0 Å². The van der Waals surface area contributed by atoms with Crippen molar-refractivity contribution in [2.24, 2.45) is 0 Å². The summed E-state index contributed by atoms with van der Waals surface area (Å²) in [6, 6.07) is 3.69. The summed E-state index contributed by atoms with van der Waals surface area (Å²) >= 11 is 0. The number of nitrogen functional groups attached to an aromatic ring is 1. The van der Waals surface area contributed by atoms with E-state index in [1.807, 2.05) is 0 Å². The Labute approximate surface area is 114 Å².